The molecule has 0 bridgehead atoms. The van der Waals surface area contributed by atoms with Crippen molar-refractivity contribution in [3.05, 3.63) is 33.3 Å². The first-order chi connectivity index (χ1) is 8.54. The Labute approximate surface area is 108 Å². The van der Waals surface area contributed by atoms with Gasteiger partial charge in [0, 0.05) is 19.6 Å². The van der Waals surface area contributed by atoms with Crippen molar-refractivity contribution in [2.24, 2.45) is 0 Å². The first-order valence-corrected chi connectivity index (χ1v) is 5.72. The Bertz CT molecular complexity index is 467. The molecule has 0 heterocycles. The van der Waals surface area contributed by atoms with Gasteiger partial charge in [-0.05, 0) is 6.07 Å². The van der Waals surface area contributed by atoms with E-state index in [2.05, 4.69) is 0 Å². The highest BCUT2D eigenvalue weighted by atomic mass is 35.5. The number of nitro benzene ring substituents is 1. The average Bonchev–Trinajstić information content (AvgIpc) is 2.30. The zero-order valence-electron chi connectivity index (χ0n) is 9.58. The molecule has 0 aliphatic heterocycles. The molecule has 7 heteroatoms. The van der Waals surface area contributed by atoms with Crippen LogP contribution in [0.3, 0.4) is 0 Å². The molecule has 1 aromatic rings. The number of hydrogen-bond acceptors (Lipinski definition) is 5. The fourth-order valence-corrected chi connectivity index (χ4v) is 2.11. The summed E-state index contributed by atoms with van der Waals surface area (Å²) >= 11 is 5.89. The fraction of sp³-hybridized carbons (Fsp3) is 0.455. The summed E-state index contributed by atoms with van der Waals surface area (Å²) in [5.41, 5.74) is -0.196. The predicted octanol–water partition coefficient (Wildman–Crippen LogP) is 1.78. The molecular weight excluding hydrogens is 262 g/mol. The number of aliphatic hydroxyl groups is 1. The first kappa shape index (κ1) is 13.1. The lowest BCUT2D eigenvalue weighted by Gasteiger charge is -2.39. The van der Waals surface area contributed by atoms with Crippen LogP contribution in [0.15, 0.2) is 18.2 Å². The van der Waals surface area contributed by atoms with Crippen molar-refractivity contribution >= 4 is 17.3 Å². The molecular formula is C11H12ClNO5. The zero-order chi connectivity index (χ0) is 13.3. The van der Waals surface area contributed by atoms with E-state index in [1.807, 2.05) is 0 Å². The molecule has 0 spiro atoms. The van der Waals surface area contributed by atoms with Crippen LogP contribution in [0.25, 0.3) is 0 Å². The Hall–Kier alpha value is -1.37. The molecule has 0 saturated heterocycles. The van der Waals surface area contributed by atoms with E-state index in [0.717, 1.165) is 0 Å². The number of nitrogens with zero attached hydrogens (tertiary/aromatic N) is 1. The van der Waals surface area contributed by atoms with E-state index in [9.17, 15) is 15.2 Å². The maximum atomic E-state index is 10.9. The van der Waals surface area contributed by atoms with Crippen molar-refractivity contribution in [1.29, 1.82) is 0 Å². The van der Waals surface area contributed by atoms with E-state index in [4.69, 9.17) is 21.1 Å². The van der Waals surface area contributed by atoms with Crippen molar-refractivity contribution in [3.63, 3.8) is 0 Å². The minimum atomic E-state index is -0.610. The van der Waals surface area contributed by atoms with Crippen LogP contribution >= 0.6 is 11.6 Å². The van der Waals surface area contributed by atoms with Crippen LogP contribution < -0.4 is 4.74 Å². The van der Waals surface area contributed by atoms with Gasteiger partial charge < -0.3 is 14.6 Å². The molecule has 1 fully saturated rings. The molecule has 98 valence electrons. The Kier molecular flexibility index (Phi) is 3.70. The standard InChI is InChI=1S/C11H12ClNO5/c1-17-11-8(14)5-9(11)18-10-6(12)3-2-4-7(10)13(15)16/h2-4,8-9,11,14H,5H2,1H3. The largest absolute Gasteiger partial charge is 0.479 e. The molecule has 1 saturated carbocycles. The highest BCUT2D eigenvalue weighted by molar-refractivity contribution is 6.32. The Morgan fingerprint density at radius 1 is 1.56 bits per heavy atom. The van der Waals surface area contributed by atoms with E-state index >= 15 is 0 Å². The number of ether oxygens (including phenoxy) is 2. The number of benzene rings is 1. The highest BCUT2D eigenvalue weighted by Crippen LogP contribution is 2.38. The fourth-order valence-electron chi connectivity index (χ4n) is 1.89. The zero-order valence-corrected chi connectivity index (χ0v) is 10.3. The monoisotopic (exact) mass is 273 g/mol. The van der Waals surface area contributed by atoms with Crippen LogP contribution in [0.4, 0.5) is 5.69 Å². The van der Waals surface area contributed by atoms with Gasteiger partial charge in [-0.15, -0.1) is 0 Å². The molecule has 1 aliphatic rings. The topological polar surface area (TPSA) is 81.8 Å². The van der Waals surface area contributed by atoms with Gasteiger partial charge in [0.2, 0.25) is 5.75 Å². The summed E-state index contributed by atoms with van der Waals surface area (Å²) in [5, 5.41) is 20.5. The molecule has 6 nitrogen and oxygen atoms in total. The van der Waals surface area contributed by atoms with Crippen LogP contribution in [0, 0.1) is 10.1 Å². The van der Waals surface area contributed by atoms with E-state index < -0.39 is 23.2 Å². The Morgan fingerprint density at radius 2 is 2.28 bits per heavy atom. The summed E-state index contributed by atoms with van der Waals surface area (Å²) in [6.45, 7) is 0. The van der Waals surface area contributed by atoms with Gasteiger partial charge >= 0.3 is 5.69 Å². The Morgan fingerprint density at radius 3 is 2.83 bits per heavy atom. The highest BCUT2D eigenvalue weighted by Gasteiger charge is 2.43. The van der Waals surface area contributed by atoms with Gasteiger partial charge in [-0.25, -0.2) is 0 Å². The van der Waals surface area contributed by atoms with Crippen molar-refractivity contribution in [2.45, 2.75) is 24.7 Å². The van der Waals surface area contributed by atoms with E-state index in [1.54, 1.807) is 0 Å². The molecule has 3 unspecified atom stereocenters. The third kappa shape index (κ3) is 2.27. The van der Waals surface area contributed by atoms with Gasteiger partial charge in [0.1, 0.15) is 12.2 Å². The van der Waals surface area contributed by atoms with Crippen LogP contribution in [0.1, 0.15) is 6.42 Å². The molecule has 18 heavy (non-hydrogen) atoms. The first-order valence-electron chi connectivity index (χ1n) is 5.35. The lowest BCUT2D eigenvalue weighted by atomic mass is 9.88. The number of aliphatic hydroxyl groups excluding tert-OH is 1. The molecule has 1 aromatic carbocycles. The van der Waals surface area contributed by atoms with Gasteiger partial charge in [-0.2, -0.15) is 0 Å². The third-order valence-electron chi connectivity index (χ3n) is 2.90. The van der Waals surface area contributed by atoms with Crippen LogP contribution in [-0.4, -0.2) is 35.5 Å². The molecule has 3 atom stereocenters. The second-order valence-electron chi connectivity index (χ2n) is 4.00. The van der Waals surface area contributed by atoms with Gasteiger partial charge in [0.05, 0.1) is 16.0 Å². The smallest absolute Gasteiger partial charge is 0.312 e. The van der Waals surface area contributed by atoms with Crippen LogP contribution in [0.2, 0.25) is 5.02 Å². The molecule has 1 N–H and O–H groups in total. The van der Waals surface area contributed by atoms with E-state index in [-0.39, 0.29) is 16.5 Å². The molecule has 0 aromatic heterocycles. The molecule has 1 aliphatic carbocycles. The normalized spacial score (nSPS) is 26.5. The van der Waals surface area contributed by atoms with Crippen molar-refractivity contribution in [1.82, 2.24) is 0 Å². The van der Waals surface area contributed by atoms with E-state index in [0.29, 0.717) is 6.42 Å². The number of nitro groups is 1. The molecule has 2 rings (SSSR count). The summed E-state index contributed by atoms with van der Waals surface area (Å²) in [6, 6.07) is 4.32. The minimum Gasteiger partial charge on any atom is -0.479 e. The van der Waals surface area contributed by atoms with Gasteiger partial charge in [-0.3, -0.25) is 10.1 Å². The second kappa shape index (κ2) is 5.09. The summed E-state index contributed by atoms with van der Waals surface area (Å²) in [7, 11) is 1.45. The van der Waals surface area contributed by atoms with Gasteiger partial charge in [0.25, 0.3) is 0 Å². The second-order valence-corrected chi connectivity index (χ2v) is 4.41. The third-order valence-corrected chi connectivity index (χ3v) is 3.20. The Balaban J connectivity index is 2.21. The number of halogens is 1. The lowest BCUT2D eigenvalue weighted by Crippen LogP contribution is -2.54. The molecule has 0 radical (unpaired) electrons. The summed E-state index contributed by atoms with van der Waals surface area (Å²) in [5.74, 6) is 0.0168. The number of methoxy groups -OCH3 is 1. The summed E-state index contributed by atoms with van der Waals surface area (Å²) in [6.07, 6.45) is -1.16. The number of para-hydroxylation sites is 1. The summed E-state index contributed by atoms with van der Waals surface area (Å²) in [4.78, 5) is 10.3. The quantitative estimate of drug-likeness (QED) is 0.668. The van der Waals surface area contributed by atoms with Crippen molar-refractivity contribution < 1.29 is 19.5 Å². The number of hydrogen-bond donors (Lipinski definition) is 1. The van der Waals surface area contributed by atoms with E-state index in [1.165, 1.54) is 25.3 Å². The summed E-state index contributed by atoms with van der Waals surface area (Å²) < 4.78 is 10.5. The average molecular weight is 274 g/mol. The molecule has 0 amide bonds. The maximum absolute atomic E-state index is 10.9. The van der Waals surface area contributed by atoms with Crippen LogP contribution in [0.5, 0.6) is 5.75 Å². The van der Waals surface area contributed by atoms with Crippen molar-refractivity contribution in [3.8, 4) is 5.75 Å². The van der Waals surface area contributed by atoms with Gasteiger partial charge in [0.15, 0.2) is 0 Å². The SMILES string of the molecule is COC1C(O)CC1Oc1c(Cl)cccc1[N+](=O)[O-]. The lowest BCUT2D eigenvalue weighted by molar-refractivity contribution is -0.386. The number of rotatable bonds is 4. The van der Waals surface area contributed by atoms with Gasteiger partial charge in [-0.1, -0.05) is 17.7 Å². The van der Waals surface area contributed by atoms with Crippen molar-refractivity contribution in [2.75, 3.05) is 7.11 Å². The maximum Gasteiger partial charge on any atom is 0.312 e. The predicted molar refractivity (Wildman–Crippen MR) is 63.9 cm³/mol. The van der Waals surface area contributed by atoms with Crippen LogP contribution in [-0.2, 0) is 4.74 Å². The minimum absolute atomic E-state index is 0.0168.